The van der Waals surface area contributed by atoms with Gasteiger partial charge in [-0.2, -0.15) is 0 Å². The second kappa shape index (κ2) is 4.83. The minimum atomic E-state index is -1.01. The number of carbonyl (C=O) groups is 1. The summed E-state index contributed by atoms with van der Waals surface area (Å²) in [4.78, 5) is 11.1. The van der Waals surface area contributed by atoms with Crippen molar-refractivity contribution in [2.45, 2.75) is 13.8 Å². The summed E-state index contributed by atoms with van der Waals surface area (Å²) in [6, 6.07) is 11.2. The highest BCUT2D eigenvalue weighted by Gasteiger charge is 2.11. The maximum absolute atomic E-state index is 11.1. The minimum Gasteiger partial charge on any atom is -0.478 e. The van der Waals surface area contributed by atoms with E-state index in [-0.39, 0.29) is 10.6 Å². The molecule has 0 bridgehead atoms. The van der Waals surface area contributed by atoms with Crippen LogP contribution in [0.2, 0.25) is 5.02 Å². The Morgan fingerprint density at radius 1 is 1.11 bits per heavy atom. The van der Waals surface area contributed by atoms with Gasteiger partial charge in [0.1, 0.15) is 0 Å². The fourth-order valence-corrected chi connectivity index (χ4v) is 2.10. The van der Waals surface area contributed by atoms with E-state index in [0.717, 1.165) is 22.3 Å². The van der Waals surface area contributed by atoms with Gasteiger partial charge in [0.05, 0.1) is 10.6 Å². The standard InChI is InChI=1S/C15H13ClO2/c1-9-3-4-10(2)12(7-9)11-5-6-14(16)13(8-11)15(17)18/h3-8H,1-2H3,(H,17,18). The number of carboxylic acids is 1. The SMILES string of the molecule is Cc1ccc(C)c(-c2ccc(Cl)c(C(=O)O)c2)c1. The molecule has 3 heteroatoms. The van der Waals surface area contributed by atoms with Crippen molar-refractivity contribution >= 4 is 17.6 Å². The lowest BCUT2D eigenvalue weighted by molar-refractivity contribution is 0.0697. The molecule has 0 heterocycles. The van der Waals surface area contributed by atoms with Crippen molar-refractivity contribution in [3.63, 3.8) is 0 Å². The summed E-state index contributed by atoms with van der Waals surface area (Å²) in [5.41, 5.74) is 4.30. The normalized spacial score (nSPS) is 10.4. The monoisotopic (exact) mass is 260 g/mol. The van der Waals surface area contributed by atoms with Crippen LogP contribution in [0.3, 0.4) is 0 Å². The first-order valence-electron chi connectivity index (χ1n) is 5.59. The van der Waals surface area contributed by atoms with Gasteiger partial charge in [-0.15, -0.1) is 0 Å². The Labute approximate surface area is 111 Å². The molecule has 0 radical (unpaired) electrons. The summed E-state index contributed by atoms with van der Waals surface area (Å²) in [5.74, 6) is -1.01. The molecule has 0 aromatic heterocycles. The number of carboxylic acid groups (broad SMARTS) is 1. The second-order valence-electron chi connectivity index (χ2n) is 4.32. The zero-order valence-corrected chi connectivity index (χ0v) is 11.0. The van der Waals surface area contributed by atoms with Crippen LogP contribution >= 0.6 is 11.6 Å². The molecule has 0 spiro atoms. The van der Waals surface area contributed by atoms with E-state index in [0.29, 0.717) is 0 Å². The van der Waals surface area contributed by atoms with Gasteiger partial charge in [0, 0.05) is 0 Å². The number of hydrogen-bond donors (Lipinski definition) is 1. The Hall–Kier alpha value is -1.80. The molecule has 2 aromatic carbocycles. The van der Waals surface area contributed by atoms with Gasteiger partial charge in [0.15, 0.2) is 0 Å². The molecule has 18 heavy (non-hydrogen) atoms. The van der Waals surface area contributed by atoms with Gasteiger partial charge < -0.3 is 5.11 Å². The van der Waals surface area contributed by atoms with Crippen LogP contribution in [-0.2, 0) is 0 Å². The van der Waals surface area contributed by atoms with Gasteiger partial charge in [-0.05, 0) is 42.7 Å². The number of halogens is 1. The molecule has 2 aromatic rings. The maximum atomic E-state index is 11.1. The van der Waals surface area contributed by atoms with Gasteiger partial charge in [-0.1, -0.05) is 41.4 Å². The molecular formula is C15H13ClO2. The van der Waals surface area contributed by atoms with E-state index in [1.54, 1.807) is 12.1 Å². The number of rotatable bonds is 2. The van der Waals surface area contributed by atoms with E-state index in [1.165, 1.54) is 0 Å². The average Bonchev–Trinajstić information content (AvgIpc) is 2.33. The molecule has 0 fully saturated rings. The molecule has 2 rings (SSSR count). The molecule has 92 valence electrons. The van der Waals surface area contributed by atoms with E-state index < -0.39 is 5.97 Å². The summed E-state index contributed by atoms with van der Waals surface area (Å²) in [5, 5.41) is 9.34. The van der Waals surface area contributed by atoms with E-state index in [2.05, 4.69) is 0 Å². The van der Waals surface area contributed by atoms with Gasteiger partial charge >= 0.3 is 5.97 Å². The van der Waals surface area contributed by atoms with Crippen molar-refractivity contribution in [2.24, 2.45) is 0 Å². The van der Waals surface area contributed by atoms with E-state index in [9.17, 15) is 4.79 Å². The van der Waals surface area contributed by atoms with Gasteiger partial charge in [0.2, 0.25) is 0 Å². The molecular weight excluding hydrogens is 248 g/mol. The van der Waals surface area contributed by atoms with Crippen LogP contribution in [0.4, 0.5) is 0 Å². The van der Waals surface area contributed by atoms with Gasteiger partial charge in [0.25, 0.3) is 0 Å². The molecule has 0 atom stereocenters. The lowest BCUT2D eigenvalue weighted by atomic mass is 9.97. The van der Waals surface area contributed by atoms with Crippen molar-refractivity contribution in [3.05, 3.63) is 58.1 Å². The first-order valence-corrected chi connectivity index (χ1v) is 5.97. The van der Waals surface area contributed by atoms with Crippen LogP contribution in [0.25, 0.3) is 11.1 Å². The smallest absolute Gasteiger partial charge is 0.337 e. The molecule has 2 nitrogen and oxygen atoms in total. The topological polar surface area (TPSA) is 37.3 Å². The van der Waals surface area contributed by atoms with Crippen molar-refractivity contribution in [2.75, 3.05) is 0 Å². The highest BCUT2D eigenvalue weighted by atomic mass is 35.5. The minimum absolute atomic E-state index is 0.134. The predicted molar refractivity (Wildman–Crippen MR) is 73.3 cm³/mol. The highest BCUT2D eigenvalue weighted by molar-refractivity contribution is 6.33. The van der Waals surface area contributed by atoms with Crippen molar-refractivity contribution in [3.8, 4) is 11.1 Å². The fraction of sp³-hybridized carbons (Fsp3) is 0.133. The Kier molecular flexibility index (Phi) is 3.39. The largest absolute Gasteiger partial charge is 0.478 e. The lowest BCUT2D eigenvalue weighted by Crippen LogP contribution is -1.98. The molecule has 0 aliphatic heterocycles. The Balaban J connectivity index is 2.61. The number of aromatic carboxylic acids is 1. The van der Waals surface area contributed by atoms with Crippen molar-refractivity contribution < 1.29 is 9.90 Å². The quantitative estimate of drug-likeness (QED) is 0.873. The zero-order valence-electron chi connectivity index (χ0n) is 10.2. The van der Waals surface area contributed by atoms with Crippen LogP contribution in [-0.4, -0.2) is 11.1 Å². The number of hydrogen-bond acceptors (Lipinski definition) is 1. The maximum Gasteiger partial charge on any atom is 0.337 e. The first kappa shape index (κ1) is 12.7. The number of benzene rings is 2. The highest BCUT2D eigenvalue weighted by Crippen LogP contribution is 2.28. The van der Waals surface area contributed by atoms with Crippen LogP contribution in [0, 0.1) is 13.8 Å². The fourth-order valence-electron chi connectivity index (χ4n) is 1.90. The molecule has 0 aliphatic rings. The van der Waals surface area contributed by atoms with E-state index in [4.69, 9.17) is 16.7 Å². The van der Waals surface area contributed by atoms with Crippen molar-refractivity contribution in [1.82, 2.24) is 0 Å². The Morgan fingerprint density at radius 3 is 2.50 bits per heavy atom. The molecule has 0 saturated carbocycles. The number of aryl methyl sites for hydroxylation is 2. The van der Waals surface area contributed by atoms with E-state index >= 15 is 0 Å². The summed E-state index contributed by atoms with van der Waals surface area (Å²) in [7, 11) is 0. The van der Waals surface area contributed by atoms with E-state index in [1.807, 2.05) is 38.1 Å². The Morgan fingerprint density at radius 2 is 1.83 bits per heavy atom. The predicted octanol–water partition coefficient (Wildman–Crippen LogP) is 4.32. The molecule has 0 aliphatic carbocycles. The molecule has 0 saturated heterocycles. The van der Waals surface area contributed by atoms with Crippen LogP contribution in [0.5, 0.6) is 0 Å². The summed E-state index contributed by atoms with van der Waals surface area (Å²) >= 11 is 5.87. The summed E-state index contributed by atoms with van der Waals surface area (Å²) < 4.78 is 0. The average molecular weight is 261 g/mol. The Bertz CT molecular complexity index is 618. The molecule has 1 N–H and O–H groups in total. The summed E-state index contributed by atoms with van der Waals surface area (Å²) in [6.07, 6.45) is 0. The van der Waals surface area contributed by atoms with Crippen LogP contribution in [0.1, 0.15) is 21.5 Å². The zero-order chi connectivity index (χ0) is 13.3. The molecule has 0 amide bonds. The molecule has 0 unspecified atom stereocenters. The third-order valence-corrected chi connectivity index (χ3v) is 3.23. The summed E-state index contributed by atoms with van der Waals surface area (Å²) in [6.45, 7) is 4.01. The van der Waals surface area contributed by atoms with Gasteiger partial charge in [-0.3, -0.25) is 0 Å². The van der Waals surface area contributed by atoms with Crippen LogP contribution < -0.4 is 0 Å². The van der Waals surface area contributed by atoms with Crippen LogP contribution in [0.15, 0.2) is 36.4 Å². The first-order chi connectivity index (χ1) is 8.49. The second-order valence-corrected chi connectivity index (χ2v) is 4.73. The van der Waals surface area contributed by atoms with Crippen molar-refractivity contribution in [1.29, 1.82) is 0 Å². The van der Waals surface area contributed by atoms with Gasteiger partial charge in [-0.25, -0.2) is 4.79 Å². The lowest BCUT2D eigenvalue weighted by Gasteiger charge is -2.09. The third kappa shape index (κ3) is 2.39. The third-order valence-electron chi connectivity index (χ3n) is 2.90.